The quantitative estimate of drug-likeness (QED) is 0.148. The van der Waals surface area contributed by atoms with E-state index in [0.29, 0.717) is 17.9 Å². The van der Waals surface area contributed by atoms with E-state index in [9.17, 15) is 27.6 Å². The van der Waals surface area contributed by atoms with Crippen molar-refractivity contribution in [3.05, 3.63) is 107 Å². The van der Waals surface area contributed by atoms with Crippen molar-refractivity contribution in [2.45, 2.75) is 57.1 Å². The summed E-state index contributed by atoms with van der Waals surface area (Å²) in [4.78, 5) is 46.4. The molecule has 1 heterocycles. The Hall–Kier alpha value is -5.24. The van der Waals surface area contributed by atoms with E-state index < -0.39 is 24.3 Å². The lowest BCUT2D eigenvalue weighted by Crippen LogP contribution is -2.53. The van der Waals surface area contributed by atoms with Gasteiger partial charge in [-0.05, 0) is 48.9 Å². The Morgan fingerprint density at radius 3 is 2.15 bits per heavy atom. The van der Waals surface area contributed by atoms with Crippen molar-refractivity contribution in [2.75, 3.05) is 6.54 Å². The van der Waals surface area contributed by atoms with Gasteiger partial charge in [-0.2, -0.15) is 13.2 Å². The molecule has 0 aliphatic carbocycles. The van der Waals surface area contributed by atoms with E-state index >= 15 is 0 Å². The van der Waals surface area contributed by atoms with Crippen LogP contribution in [0.3, 0.4) is 0 Å². The van der Waals surface area contributed by atoms with Gasteiger partial charge in [-0.1, -0.05) is 84.9 Å². The molecule has 47 heavy (non-hydrogen) atoms. The molecule has 0 bridgehead atoms. The van der Waals surface area contributed by atoms with Crippen molar-refractivity contribution in [1.82, 2.24) is 21.3 Å². The summed E-state index contributed by atoms with van der Waals surface area (Å²) < 4.78 is 36.9. The van der Waals surface area contributed by atoms with E-state index in [1.807, 2.05) is 48.5 Å². The fourth-order valence-corrected chi connectivity index (χ4v) is 4.59. The summed E-state index contributed by atoms with van der Waals surface area (Å²) in [5, 5.41) is 26.6. The van der Waals surface area contributed by atoms with E-state index in [1.54, 1.807) is 31.2 Å². The standard InChI is InChI=1S/C31H35N5O4.C2HF3O2/c1-21(35-30(38)27-18-26(16-17-33-27)24-10-6-3-7-11-24)29(37)34-19-22-12-14-25(15-13-22)28(32)36-31(39)40-20-23-8-4-2-5-9-23;3-2(4,5)1(6)7/h2-15,21,26-27,33H,16-20H2,1H3,(H,34,37)(H,35,38)(H2,32,36,39);(H,6,7)/t21-,26-,27+;/m0./s1. The number of aliphatic carboxylic acids is 1. The normalized spacial score (nSPS) is 16.3. The molecule has 0 unspecified atom stereocenters. The number of nitrogens with one attached hydrogen (secondary N) is 5. The third kappa shape index (κ3) is 12.2. The molecule has 3 amide bonds. The highest BCUT2D eigenvalue weighted by atomic mass is 19.4. The highest BCUT2D eigenvalue weighted by Crippen LogP contribution is 2.27. The number of piperidine rings is 1. The van der Waals surface area contributed by atoms with Crippen molar-refractivity contribution in [3.63, 3.8) is 0 Å². The summed E-state index contributed by atoms with van der Waals surface area (Å²) >= 11 is 0. The second kappa shape index (κ2) is 17.5. The fourth-order valence-electron chi connectivity index (χ4n) is 4.59. The minimum absolute atomic E-state index is 0.0872. The Balaban J connectivity index is 0.000000771. The first-order valence-corrected chi connectivity index (χ1v) is 14.7. The number of alkyl carbamates (subject to hydrolysis) is 1. The number of halogens is 3. The molecule has 3 aromatic carbocycles. The van der Waals surface area contributed by atoms with Gasteiger partial charge in [-0.15, -0.1) is 0 Å². The number of alkyl halides is 3. The molecule has 0 spiro atoms. The predicted octanol–water partition coefficient (Wildman–Crippen LogP) is 4.23. The van der Waals surface area contributed by atoms with Crippen LogP contribution in [0.4, 0.5) is 18.0 Å². The fraction of sp³-hybridized carbons (Fsp3) is 0.303. The maximum absolute atomic E-state index is 12.8. The average Bonchev–Trinajstić information content (AvgIpc) is 3.07. The van der Waals surface area contributed by atoms with Crippen molar-refractivity contribution in [1.29, 1.82) is 5.41 Å². The van der Waals surface area contributed by atoms with E-state index in [4.69, 9.17) is 20.0 Å². The molecule has 0 saturated carbocycles. The predicted molar refractivity (Wildman–Crippen MR) is 166 cm³/mol. The van der Waals surface area contributed by atoms with Crippen LogP contribution in [0.5, 0.6) is 0 Å². The van der Waals surface area contributed by atoms with Crippen LogP contribution >= 0.6 is 0 Å². The van der Waals surface area contributed by atoms with E-state index in [0.717, 1.165) is 24.1 Å². The van der Waals surface area contributed by atoms with Crippen molar-refractivity contribution >= 4 is 29.7 Å². The monoisotopic (exact) mass is 655 g/mol. The molecular formula is C33H36F3N5O6. The number of amides is 3. The number of ether oxygens (including phenoxy) is 1. The zero-order chi connectivity index (χ0) is 34.4. The van der Waals surface area contributed by atoms with Crippen LogP contribution in [0.15, 0.2) is 84.9 Å². The number of hydrogen-bond acceptors (Lipinski definition) is 7. The third-order valence-corrected chi connectivity index (χ3v) is 7.13. The SMILES string of the molecule is C[C@H](NC(=O)[C@H]1C[C@@H](c2ccccc2)CCN1)C(=O)NCc1ccc(C(=N)NC(=O)OCc2ccccc2)cc1.O=C(O)C(F)(F)F. The van der Waals surface area contributed by atoms with Crippen LogP contribution < -0.4 is 21.3 Å². The molecule has 1 fully saturated rings. The summed E-state index contributed by atoms with van der Waals surface area (Å²) in [7, 11) is 0. The van der Waals surface area contributed by atoms with Gasteiger partial charge in [0.25, 0.3) is 0 Å². The first-order chi connectivity index (χ1) is 22.3. The van der Waals surface area contributed by atoms with Crippen LogP contribution in [0.25, 0.3) is 0 Å². The van der Waals surface area contributed by atoms with Gasteiger partial charge < -0.3 is 25.8 Å². The molecule has 0 radical (unpaired) electrons. The Labute approximate surface area is 269 Å². The third-order valence-electron chi connectivity index (χ3n) is 7.13. The van der Waals surface area contributed by atoms with Crippen molar-refractivity contribution in [3.8, 4) is 0 Å². The minimum atomic E-state index is -5.08. The number of carboxylic acids is 1. The summed E-state index contributed by atoms with van der Waals surface area (Å²) in [6.45, 7) is 2.79. The maximum Gasteiger partial charge on any atom is 0.490 e. The molecule has 6 N–H and O–H groups in total. The van der Waals surface area contributed by atoms with Gasteiger partial charge in [0.2, 0.25) is 11.8 Å². The van der Waals surface area contributed by atoms with Gasteiger partial charge in [0, 0.05) is 12.1 Å². The molecule has 1 aliphatic heterocycles. The van der Waals surface area contributed by atoms with Crippen LogP contribution in [0.2, 0.25) is 0 Å². The Morgan fingerprint density at radius 2 is 1.55 bits per heavy atom. The van der Waals surface area contributed by atoms with Gasteiger partial charge in [-0.3, -0.25) is 20.3 Å². The molecular weight excluding hydrogens is 619 g/mol. The van der Waals surface area contributed by atoms with Crippen LogP contribution in [-0.4, -0.2) is 59.6 Å². The summed E-state index contributed by atoms with van der Waals surface area (Å²) in [6.07, 6.45) is -4.14. The number of amidine groups is 1. The average molecular weight is 656 g/mol. The molecule has 3 aromatic rings. The number of carboxylic acid groups (broad SMARTS) is 1. The second-order valence-corrected chi connectivity index (χ2v) is 10.6. The highest BCUT2D eigenvalue weighted by Gasteiger charge is 2.38. The maximum atomic E-state index is 12.8. The molecule has 250 valence electrons. The Bertz CT molecular complexity index is 1500. The molecule has 11 nitrogen and oxygen atoms in total. The number of rotatable bonds is 9. The topological polar surface area (TPSA) is 170 Å². The van der Waals surface area contributed by atoms with E-state index in [1.165, 1.54) is 5.56 Å². The summed E-state index contributed by atoms with van der Waals surface area (Å²) in [6, 6.07) is 25.3. The second-order valence-electron chi connectivity index (χ2n) is 10.6. The molecule has 3 atom stereocenters. The van der Waals surface area contributed by atoms with E-state index in [-0.39, 0.29) is 36.8 Å². The summed E-state index contributed by atoms with van der Waals surface area (Å²) in [5.74, 6) is -3.01. The van der Waals surface area contributed by atoms with E-state index in [2.05, 4.69) is 33.4 Å². The first kappa shape index (κ1) is 36.2. The number of carbonyl (C=O) groups is 4. The number of benzene rings is 3. The van der Waals surface area contributed by atoms with Gasteiger partial charge in [0.05, 0.1) is 6.04 Å². The molecule has 1 aliphatic rings. The Morgan fingerprint density at radius 1 is 0.957 bits per heavy atom. The van der Waals surface area contributed by atoms with Gasteiger partial charge in [0.15, 0.2) is 0 Å². The molecule has 14 heteroatoms. The van der Waals surface area contributed by atoms with Crippen LogP contribution in [-0.2, 0) is 32.3 Å². The number of hydrogen-bond donors (Lipinski definition) is 6. The van der Waals surface area contributed by atoms with Crippen LogP contribution in [0, 0.1) is 5.41 Å². The minimum Gasteiger partial charge on any atom is -0.475 e. The van der Waals surface area contributed by atoms with Gasteiger partial charge in [0.1, 0.15) is 18.5 Å². The highest BCUT2D eigenvalue weighted by molar-refractivity contribution is 6.04. The number of carbonyl (C=O) groups excluding carboxylic acids is 3. The zero-order valence-corrected chi connectivity index (χ0v) is 25.5. The lowest BCUT2D eigenvalue weighted by Gasteiger charge is -2.30. The molecule has 4 rings (SSSR count). The van der Waals surface area contributed by atoms with Crippen molar-refractivity contribution < 1.29 is 42.2 Å². The summed E-state index contributed by atoms with van der Waals surface area (Å²) in [5.41, 5.74) is 3.40. The Kier molecular flexibility index (Phi) is 13.5. The van der Waals surface area contributed by atoms with Crippen molar-refractivity contribution in [2.24, 2.45) is 0 Å². The van der Waals surface area contributed by atoms with Crippen LogP contribution in [0.1, 0.15) is 47.9 Å². The molecule has 0 aromatic heterocycles. The largest absolute Gasteiger partial charge is 0.490 e. The molecule has 1 saturated heterocycles. The smallest absolute Gasteiger partial charge is 0.475 e. The zero-order valence-electron chi connectivity index (χ0n) is 25.5. The first-order valence-electron chi connectivity index (χ1n) is 14.7. The van der Waals surface area contributed by atoms with Gasteiger partial charge >= 0.3 is 18.2 Å². The lowest BCUT2D eigenvalue weighted by atomic mass is 9.86. The lowest BCUT2D eigenvalue weighted by molar-refractivity contribution is -0.192. The van der Waals surface area contributed by atoms with Gasteiger partial charge in [-0.25, -0.2) is 9.59 Å².